The first-order chi connectivity index (χ1) is 7.99. The molecule has 1 aromatic heterocycles. The molecule has 2 rings (SSSR count). The van der Waals surface area contributed by atoms with Gasteiger partial charge in [0.1, 0.15) is 0 Å². The third-order valence-electron chi connectivity index (χ3n) is 2.32. The smallest absolute Gasteiger partial charge is 0.0946 e. The van der Waals surface area contributed by atoms with Gasteiger partial charge in [-0.3, -0.25) is 4.98 Å². The third-order valence-corrected chi connectivity index (χ3v) is 3.35. The van der Waals surface area contributed by atoms with Crippen LogP contribution in [0.1, 0.15) is 5.56 Å². The van der Waals surface area contributed by atoms with Gasteiger partial charge in [0.15, 0.2) is 0 Å². The van der Waals surface area contributed by atoms with Gasteiger partial charge in [-0.2, -0.15) is 0 Å². The molecule has 2 nitrogen and oxygen atoms in total. The lowest BCUT2D eigenvalue weighted by Crippen LogP contribution is -1.95. The summed E-state index contributed by atoms with van der Waals surface area (Å²) in [4.78, 5) is 4.27. The molecule has 0 aliphatic carbocycles. The predicted molar refractivity (Wildman–Crippen MR) is 73.9 cm³/mol. The van der Waals surface area contributed by atoms with E-state index in [-0.39, 0.29) is 0 Å². The van der Waals surface area contributed by atoms with E-state index in [9.17, 15) is 0 Å². The topological polar surface area (TPSA) is 38.9 Å². The van der Waals surface area contributed by atoms with Gasteiger partial charge in [0.05, 0.1) is 26.4 Å². The first-order valence-electron chi connectivity index (χ1n) is 4.86. The molecule has 0 saturated carbocycles. The van der Waals surface area contributed by atoms with Crippen LogP contribution in [0.5, 0.6) is 0 Å². The van der Waals surface area contributed by atoms with Gasteiger partial charge in [-0.05, 0) is 30.7 Å². The van der Waals surface area contributed by atoms with Crippen LogP contribution in [0.25, 0.3) is 11.3 Å². The molecule has 0 fully saturated rings. The summed E-state index contributed by atoms with van der Waals surface area (Å²) in [5.74, 6) is 0. The molecule has 0 bridgehead atoms. The van der Waals surface area contributed by atoms with Crippen molar-refractivity contribution in [2.45, 2.75) is 6.92 Å². The predicted octanol–water partition coefficient (Wildman–Crippen LogP) is 4.60. The zero-order valence-corrected chi connectivity index (χ0v) is 11.2. The van der Waals surface area contributed by atoms with Crippen molar-refractivity contribution in [3.8, 4) is 11.3 Å². The molecular weight excluding hydrogens is 279 g/mol. The molecule has 0 aliphatic heterocycles. The number of nitrogens with zero attached hydrogens (tertiary/aromatic N) is 1. The Hall–Kier alpha value is -0.960. The molecular formula is C12H9Cl3N2. The van der Waals surface area contributed by atoms with Gasteiger partial charge >= 0.3 is 0 Å². The highest BCUT2D eigenvalue weighted by Crippen LogP contribution is 2.36. The number of benzene rings is 1. The van der Waals surface area contributed by atoms with E-state index in [4.69, 9.17) is 40.5 Å². The zero-order chi connectivity index (χ0) is 12.6. The largest absolute Gasteiger partial charge is 0.397 e. The minimum atomic E-state index is 0.408. The first kappa shape index (κ1) is 12.5. The normalized spacial score (nSPS) is 10.6. The highest BCUT2D eigenvalue weighted by molar-refractivity contribution is 6.44. The molecule has 2 N–H and O–H groups in total. The van der Waals surface area contributed by atoms with E-state index in [1.807, 2.05) is 13.0 Å². The molecule has 5 heteroatoms. The number of nitrogen functional groups attached to an aromatic ring is 1. The lowest BCUT2D eigenvalue weighted by Gasteiger charge is -2.09. The van der Waals surface area contributed by atoms with Gasteiger partial charge in [0.25, 0.3) is 0 Å². The van der Waals surface area contributed by atoms with E-state index in [1.165, 1.54) is 0 Å². The Balaban J connectivity index is 2.64. The Kier molecular flexibility index (Phi) is 3.48. The standard InChI is InChI=1S/C12H9Cl3N2/c1-6-2-11(16)12(17-5-6)7-3-9(14)10(15)4-8(7)13/h2-5H,16H2,1H3. The number of nitrogens with two attached hydrogens (primary N) is 1. The lowest BCUT2D eigenvalue weighted by molar-refractivity contribution is 1.27. The summed E-state index contributed by atoms with van der Waals surface area (Å²) in [5.41, 5.74) is 8.75. The Bertz CT molecular complexity index is 582. The van der Waals surface area contributed by atoms with E-state index in [0.717, 1.165) is 5.56 Å². The quantitative estimate of drug-likeness (QED) is 0.779. The fourth-order valence-corrected chi connectivity index (χ4v) is 2.16. The van der Waals surface area contributed by atoms with Crippen molar-refractivity contribution in [1.82, 2.24) is 4.98 Å². The Morgan fingerprint density at radius 3 is 2.29 bits per heavy atom. The molecule has 0 amide bonds. The van der Waals surface area contributed by atoms with Crippen molar-refractivity contribution in [1.29, 1.82) is 0 Å². The summed E-state index contributed by atoms with van der Waals surface area (Å²) >= 11 is 17.9. The highest BCUT2D eigenvalue weighted by Gasteiger charge is 2.11. The summed E-state index contributed by atoms with van der Waals surface area (Å²) in [5, 5.41) is 1.31. The maximum atomic E-state index is 6.11. The molecule has 1 aromatic carbocycles. The zero-order valence-electron chi connectivity index (χ0n) is 8.97. The maximum absolute atomic E-state index is 6.11. The van der Waals surface area contributed by atoms with Crippen LogP contribution in [-0.4, -0.2) is 4.98 Å². The summed E-state index contributed by atoms with van der Waals surface area (Å²) in [6.45, 7) is 1.92. The van der Waals surface area contributed by atoms with Crippen LogP contribution in [-0.2, 0) is 0 Å². The molecule has 0 atom stereocenters. The van der Waals surface area contributed by atoms with E-state index in [0.29, 0.717) is 32.0 Å². The Morgan fingerprint density at radius 2 is 1.65 bits per heavy atom. The minimum Gasteiger partial charge on any atom is -0.397 e. The van der Waals surface area contributed by atoms with E-state index in [2.05, 4.69) is 4.98 Å². The van der Waals surface area contributed by atoms with E-state index < -0.39 is 0 Å². The molecule has 17 heavy (non-hydrogen) atoms. The molecule has 88 valence electrons. The third kappa shape index (κ3) is 2.49. The summed E-state index contributed by atoms with van der Waals surface area (Å²) in [7, 11) is 0. The van der Waals surface area contributed by atoms with Crippen molar-refractivity contribution >= 4 is 40.5 Å². The monoisotopic (exact) mass is 286 g/mol. The lowest BCUT2D eigenvalue weighted by atomic mass is 10.1. The highest BCUT2D eigenvalue weighted by atomic mass is 35.5. The fourth-order valence-electron chi connectivity index (χ4n) is 1.52. The maximum Gasteiger partial charge on any atom is 0.0946 e. The second-order valence-electron chi connectivity index (χ2n) is 3.70. The number of aryl methyl sites for hydroxylation is 1. The number of hydrogen-bond acceptors (Lipinski definition) is 2. The number of hydrogen-bond donors (Lipinski definition) is 1. The molecule has 0 saturated heterocycles. The average Bonchev–Trinajstić information content (AvgIpc) is 2.24. The summed E-state index contributed by atoms with van der Waals surface area (Å²) in [6.07, 6.45) is 1.73. The molecule has 2 aromatic rings. The van der Waals surface area contributed by atoms with Crippen LogP contribution in [0.15, 0.2) is 24.4 Å². The molecule has 0 aliphatic rings. The SMILES string of the molecule is Cc1cnc(-c2cc(Cl)c(Cl)cc2Cl)c(N)c1. The second kappa shape index (κ2) is 4.73. The van der Waals surface area contributed by atoms with Crippen molar-refractivity contribution in [2.75, 3.05) is 5.73 Å². The second-order valence-corrected chi connectivity index (χ2v) is 4.92. The number of rotatable bonds is 1. The number of anilines is 1. The fraction of sp³-hybridized carbons (Fsp3) is 0.0833. The van der Waals surface area contributed by atoms with Crippen molar-refractivity contribution in [2.24, 2.45) is 0 Å². The average molecular weight is 288 g/mol. The van der Waals surface area contributed by atoms with E-state index in [1.54, 1.807) is 18.3 Å². The van der Waals surface area contributed by atoms with Crippen LogP contribution < -0.4 is 5.73 Å². The van der Waals surface area contributed by atoms with Crippen LogP contribution in [0, 0.1) is 6.92 Å². The van der Waals surface area contributed by atoms with Crippen LogP contribution in [0.3, 0.4) is 0 Å². The Morgan fingerprint density at radius 1 is 1.00 bits per heavy atom. The van der Waals surface area contributed by atoms with Gasteiger partial charge in [-0.1, -0.05) is 34.8 Å². The summed E-state index contributed by atoms with van der Waals surface area (Å²) < 4.78 is 0. The van der Waals surface area contributed by atoms with Gasteiger partial charge < -0.3 is 5.73 Å². The van der Waals surface area contributed by atoms with Gasteiger partial charge in [0, 0.05) is 11.8 Å². The minimum absolute atomic E-state index is 0.408. The van der Waals surface area contributed by atoms with Crippen LogP contribution >= 0.6 is 34.8 Å². The first-order valence-corrected chi connectivity index (χ1v) is 5.99. The Labute approximate surface area is 114 Å². The van der Waals surface area contributed by atoms with Gasteiger partial charge in [-0.25, -0.2) is 0 Å². The molecule has 0 spiro atoms. The van der Waals surface area contributed by atoms with Crippen LogP contribution in [0.4, 0.5) is 5.69 Å². The van der Waals surface area contributed by atoms with Crippen LogP contribution in [0.2, 0.25) is 15.1 Å². The number of pyridine rings is 1. The van der Waals surface area contributed by atoms with Crippen molar-refractivity contribution in [3.05, 3.63) is 45.0 Å². The molecule has 0 unspecified atom stereocenters. The van der Waals surface area contributed by atoms with Gasteiger partial charge in [0.2, 0.25) is 0 Å². The number of aromatic nitrogens is 1. The molecule has 1 heterocycles. The molecule has 0 radical (unpaired) electrons. The van der Waals surface area contributed by atoms with E-state index >= 15 is 0 Å². The van der Waals surface area contributed by atoms with Crippen molar-refractivity contribution in [3.63, 3.8) is 0 Å². The van der Waals surface area contributed by atoms with Gasteiger partial charge in [-0.15, -0.1) is 0 Å². The van der Waals surface area contributed by atoms with Crippen molar-refractivity contribution < 1.29 is 0 Å². The number of halogens is 3. The summed E-state index contributed by atoms with van der Waals surface area (Å²) in [6, 6.07) is 5.09.